The molecular formula is C66H80N6O9. The third-order valence-corrected chi connectivity index (χ3v) is 18.5. The maximum absolute atomic E-state index is 15.3. The van der Waals surface area contributed by atoms with Crippen LogP contribution in [0.15, 0.2) is 130 Å². The lowest BCUT2D eigenvalue weighted by molar-refractivity contribution is -0.168. The average Bonchev–Trinajstić information content (AvgIpc) is 4.04. The summed E-state index contributed by atoms with van der Waals surface area (Å²) >= 11 is 0. The van der Waals surface area contributed by atoms with Gasteiger partial charge in [-0.3, -0.25) is 14.9 Å². The summed E-state index contributed by atoms with van der Waals surface area (Å²) in [6.07, 6.45) is 7.41. The molecule has 1 amide bonds. The predicted octanol–water partition coefficient (Wildman–Crippen LogP) is 5.96. The van der Waals surface area contributed by atoms with Gasteiger partial charge in [-0.1, -0.05) is 114 Å². The van der Waals surface area contributed by atoms with Crippen molar-refractivity contribution in [1.82, 2.24) is 16.0 Å². The molecule has 15 heteroatoms. The van der Waals surface area contributed by atoms with Crippen molar-refractivity contribution in [3.63, 3.8) is 0 Å². The van der Waals surface area contributed by atoms with Crippen molar-refractivity contribution in [3.8, 4) is 29.6 Å². The number of aromatic hydroxyl groups is 1. The summed E-state index contributed by atoms with van der Waals surface area (Å²) in [7, 11) is 0. The second kappa shape index (κ2) is 25.2. The Labute approximate surface area is 476 Å². The lowest BCUT2D eigenvalue weighted by atomic mass is 9.52. The van der Waals surface area contributed by atoms with Crippen LogP contribution in [0, 0.1) is 47.0 Å². The molecule has 2 aliphatic carbocycles. The van der Waals surface area contributed by atoms with Crippen molar-refractivity contribution in [1.29, 1.82) is 0 Å². The number of ketones is 1. The molecule has 2 saturated carbocycles. The van der Waals surface area contributed by atoms with Crippen molar-refractivity contribution >= 4 is 17.6 Å². The Hall–Kier alpha value is -6.63. The third-order valence-electron chi connectivity index (χ3n) is 18.5. The summed E-state index contributed by atoms with van der Waals surface area (Å²) in [6.45, 7) is 10.2. The van der Waals surface area contributed by atoms with Gasteiger partial charge >= 0.3 is 0 Å². The van der Waals surface area contributed by atoms with E-state index in [4.69, 9.17) is 16.2 Å². The number of fused-ring (bicyclic) bond motifs is 5. The number of nitrogens with one attached hydrogen (secondary N) is 3. The molecule has 6 aliphatic rings. The van der Waals surface area contributed by atoms with Gasteiger partial charge in [0.25, 0.3) is 0 Å². The molecule has 3 aromatic rings. The van der Waals surface area contributed by atoms with Crippen LogP contribution < -0.4 is 27.4 Å². The zero-order chi connectivity index (χ0) is 57.6. The zero-order valence-corrected chi connectivity index (χ0v) is 46.9. The first-order valence-corrected chi connectivity index (χ1v) is 28.6. The lowest BCUT2D eigenvalue weighted by Crippen LogP contribution is -2.59. The molecule has 9 rings (SSSR count). The molecule has 15 nitrogen and oxygen atoms in total. The number of guanidine groups is 1. The second-order valence-electron chi connectivity index (χ2n) is 23.6. The molecule has 2 fully saturated rings. The largest absolute Gasteiger partial charge is 0.508 e. The molecule has 0 saturated heterocycles. The number of hydrogen-bond acceptors (Lipinski definition) is 14. The van der Waals surface area contributed by atoms with Gasteiger partial charge in [-0.25, -0.2) is 0 Å². The summed E-state index contributed by atoms with van der Waals surface area (Å²) in [6, 6.07) is 22.0. The van der Waals surface area contributed by atoms with Crippen LogP contribution in [0.5, 0.6) is 5.75 Å². The van der Waals surface area contributed by atoms with E-state index in [2.05, 4.69) is 51.3 Å². The van der Waals surface area contributed by atoms with E-state index in [1.165, 1.54) is 0 Å². The number of nitrogens with two attached hydrogens (primary N) is 2. The molecule has 13 N–H and O–H groups in total. The van der Waals surface area contributed by atoms with Crippen molar-refractivity contribution < 1.29 is 45.0 Å². The maximum atomic E-state index is 15.3. The number of hydrogen-bond donors (Lipinski definition) is 11. The summed E-state index contributed by atoms with van der Waals surface area (Å²) < 4.78 is 6.18. The standard InChI is InChI=1S/C66H80N6O9/c1-40-11-5-6-32-81-38-47(16-7-12-41(2)56(75)25-18-40)51-27-30-66(60(51)77)54-24-23-49(74)34-43-13-8-14-44(33-43)35-55-53(45-19-21-48(73)22-20-45)37-70-63(68)69-31-10-28-65(55,80)39-71-59-58-46(15-9-17-52(58)61(67)72-62(59)78)36-57(76)42(3)50(54)26-29-64(66,4)79/h7-9,12-22,33,49,51,53-56,59-61,71,73-75,77,79-80H,2,11,23-30,32,34-39,67H2,1,3-4H3,(H,72,78)(H3,68,69,70)/b12-7+,40-18+,47-16-,50-42?/t49-,51-,53-,54-,55-,56+,59-,60-,61+,64-,65+,66-/m1/s1. The van der Waals surface area contributed by atoms with Crippen LogP contribution >= 0.6 is 0 Å². The molecular weight excluding hydrogens is 1020 g/mol. The Kier molecular flexibility index (Phi) is 18.4. The minimum atomic E-state index is -1.64. The Bertz CT molecular complexity index is 3150. The minimum absolute atomic E-state index is 0.0658. The fourth-order valence-electron chi connectivity index (χ4n) is 13.9. The number of phenolic OH excluding ortho intramolecular Hbond substituents is 1. The van der Waals surface area contributed by atoms with Crippen LogP contribution in [0.1, 0.15) is 130 Å². The Morgan fingerprint density at radius 3 is 2.47 bits per heavy atom. The highest BCUT2D eigenvalue weighted by molar-refractivity contribution is 5.98. The fraction of sp³-hybridized carbons (Fsp3) is 0.470. The van der Waals surface area contributed by atoms with Crippen molar-refractivity contribution in [2.75, 3.05) is 26.3 Å². The number of Topliss-reactive ketones (excluding diaryl/α,β-unsaturated/α-hetero) is 1. The summed E-state index contributed by atoms with van der Waals surface area (Å²) in [5, 5.41) is 82.6. The van der Waals surface area contributed by atoms with Gasteiger partial charge in [0, 0.05) is 61.6 Å². The third kappa shape index (κ3) is 12.9. The Morgan fingerprint density at radius 2 is 1.68 bits per heavy atom. The molecule has 3 aromatic carbocycles. The van der Waals surface area contributed by atoms with E-state index in [1.54, 1.807) is 25.1 Å². The first-order valence-electron chi connectivity index (χ1n) is 28.6. The van der Waals surface area contributed by atoms with Crippen LogP contribution in [0.2, 0.25) is 0 Å². The summed E-state index contributed by atoms with van der Waals surface area (Å²) in [5.74, 6) is 6.80. The van der Waals surface area contributed by atoms with Crippen LogP contribution in [0.25, 0.3) is 0 Å². The van der Waals surface area contributed by atoms with E-state index < -0.39 is 76.7 Å². The van der Waals surface area contributed by atoms with E-state index in [9.17, 15) is 35.4 Å². The number of phenols is 1. The monoisotopic (exact) mass is 1100 g/mol. The number of carbonyl (C=O) groups is 2. The highest BCUT2D eigenvalue weighted by Gasteiger charge is 2.64. The highest BCUT2D eigenvalue weighted by atomic mass is 16.5. The van der Waals surface area contributed by atoms with E-state index in [1.807, 2.05) is 86.7 Å². The Morgan fingerprint density at radius 1 is 0.914 bits per heavy atom. The number of aliphatic hydroxyl groups is 5. The second-order valence-corrected chi connectivity index (χ2v) is 23.6. The van der Waals surface area contributed by atoms with Crippen molar-refractivity contribution in [3.05, 3.63) is 159 Å². The zero-order valence-electron chi connectivity index (χ0n) is 46.9. The van der Waals surface area contributed by atoms with Crippen LogP contribution in [-0.4, -0.2) is 104 Å². The topological polar surface area (TPSA) is 265 Å². The van der Waals surface area contributed by atoms with Gasteiger partial charge in [-0.2, -0.15) is 4.99 Å². The molecule has 0 aromatic heterocycles. The van der Waals surface area contributed by atoms with Gasteiger partial charge in [0.05, 0.1) is 36.1 Å². The van der Waals surface area contributed by atoms with E-state index >= 15 is 4.79 Å². The predicted molar refractivity (Wildman–Crippen MR) is 313 cm³/mol. The fourth-order valence-corrected chi connectivity index (χ4v) is 13.9. The quantitative estimate of drug-likeness (QED) is 0.105. The van der Waals surface area contributed by atoms with Gasteiger partial charge in [0.15, 0.2) is 5.78 Å². The molecule has 428 valence electrons. The van der Waals surface area contributed by atoms with E-state index in [0.717, 1.165) is 33.4 Å². The van der Waals surface area contributed by atoms with Gasteiger partial charge in [0.1, 0.15) is 24.6 Å². The van der Waals surface area contributed by atoms with Crippen molar-refractivity contribution in [2.24, 2.45) is 39.6 Å². The first kappa shape index (κ1) is 59.0. The van der Waals surface area contributed by atoms with E-state index in [-0.39, 0.29) is 75.9 Å². The molecule has 81 heavy (non-hydrogen) atoms. The number of rotatable bonds is 2. The molecule has 0 unspecified atom stereocenters. The van der Waals surface area contributed by atoms with Gasteiger partial charge in [-0.05, 0) is 147 Å². The van der Waals surface area contributed by atoms with Gasteiger partial charge < -0.3 is 57.5 Å². The van der Waals surface area contributed by atoms with Gasteiger partial charge in [-0.15, -0.1) is 0 Å². The van der Waals surface area contributed by atoms with Crippen molar-refractivity contribution in [2.45, 2.75) is 145 Å². The number of carbonyl (C=O) groups excluding carboxylic acids is 2. The number of amides is 1. The van der Waals surface area contributed by atoms with Crippen LogP contribution in [0.4, 0.5) is 0 Å². The number of aliphatic imine (C=N–C) groups is 1. The van der Waals surface area contributed by atoms with E-state index in [0.29, 0.717) is 72.8 Å². The molecule has 0 radical (unpaired) electrons. The average molecular weight is 1100 g/mol. The molecule has 12 atom stereocenters. The minimum Gasteiger partial charge on any atom is -0.508 e. The maximum Gasteiger partial charge on any atom is 0.243 e. The first-order chi connectivity index (χ1) is 38.8. The van der Waals surface area contributed by atoms with Gasteiger partial charge in [0.2, 0.25) is 11.9 Å². The smallest absolute Gasteiger partial charge is 0.243 e. The van der Waals surface area contributed by atoms with Crippen LogP contribution in [-0.2, 0) is 33.6 Å². The number of allylic oxidation sites excluding steroid dienone is 5. The molecule has 2 bridgehead atoms. The lowest BCUT2D eigenvalue weighted by Gasteiger charge is -2.56. The number of aliphatic hydroxyl groups excluding tert-OH is 3. The number of ether oxygens (including phenoxy) is 1. The molecule has 4 aliphatic heterocycles. The van der Waals surface area contributed by atoms with Crippen LogP contribution in [0.3, 0.4) is 0 Å². The Balaban J connectivity index is 1.14. The number of benzene rings is 3. The summed E-state index contributed by atoms with van der Waals surface area (Å²) in [5.41, 5.74) is 16.8. The number of nitrogens with zero attached hydrogens (tertiary/aromatic N) is 1. The normalized spacial score (nSPS) is 34.6. The SMILES string of the molecule is C=C1/C=C/C=C(\[C@H]2CC[C@@]3([C@@H]4CC[C@@H](O)Cc5cccc(c5)C[C@@H]5[C@@H](c6ccc(O)cc6)CNC(N)=NC#CC[C@]5(O)CN[C@H]5C(=O)N[C@H](N)c6cccc(c65)CC(=O)C(C)=C4CC[C@@]3(C)O)[C@@H]2O)COCC#CC/C(C)=C/C[C@@H]1O. The summed E-state index contributed by atoms with van der Waals surface area (Å²) in [4.78, 5) is 33.9. The molecule has 1 spiro atoms. The highest BCUT2D eigenvalue weighted by Crippen LogP contribution is 2.63. The number of β-amino-alcohol motifs (C(OH)–C–C–N with tert-alkyl or cyclic N) is 1. The molecule has 4 heterocycles.